The molecular formula is C25H41N5O3. The zero-order chi connectivity index (χ0) is 23.8. The van der Waals surface area contributed by atoms with Gasteiger partial charge in [-0.05, 0) is 31.6 Å². The molecule has 0 aromatic carbocycles. The summed E-state index contributed by atoms with van der Waals surface area (Å²) < 4.78 is 3.53. The average Bonchev–Trinajstić information content (AvgIpc) is 3.17. The second-order valence-electron chi connectivity index (χ2n) is 9.60. The number of carbonyl (C=O) groups excluding carboxylic acids is 1. The van der Waals surface area contributed by atoms with Crippen LogP contribution in [0.15, 0.2) is 9.59 Å². The zero-order valence-electron chi connectivity index (χ0n) is 20.7. The van der Waals surface area contributed by atoms with Gasteiger partial charge in [0.1, 0.15) is 5.82 Å². The molecule has 1 saturated carbocycles. The van der Waals surface area contributed by atoms with E-state index in [-0.39, 0.29) is 5.91 Å². The van der Waals surface area contributed by atoms with E-state index >= 15 is 0 Å². The number of H-pyrrole nitrogens is 1. The van der Waals surface area contributed by atoms with Gasteiger partial charge in [-0.15, -0.1) is 0 Å². The van der Waals surface area contributed by atoms with Gasteiger partial charge in [0, 0.05) is 39.5 Å². The van der Waals surface area contributed by atoms with Gasteiger partial charge in [0.2, 0.25) is 5.91 Å². The summed E-state index contributed by atoms with van der Waals surface area (Å²) in [5.74, 6) is 1.45. The highest BCUT2D eigenvalue weighted by Gasteiger charge is 2.21. The molecule has 0 aliphatic heterocycles. The van der Waals surface area contributed by atoms with Crippen LogP contribution < -0.4 is 11.2 Å². The number of aryl methyl sites for hydroxylation is 3. The quantitative estimate of drug-likeness (QED) is 0.488. The standard InChI is InChI=1S/C25H41N5O3/c1-4-6-11-17-29-20(14-15-21(31)28(3)18-19-12-9-8-10-13-19)26-23-22(29)24(32)27-25(33)30(23)16-7-5-2/h19H,4-18H2,1-3H3,(H,27,32,33). The first-order valence-electron chi connectivity index (χ1n) is 12.9. The zero-order valence-corrected chi connectivity index (χ0v) is 20.7. The molecule has 0 saturated heterocycles. The van der Waals surface area contributed by atoms with Crippen molar-refractivity contribution in [1.82, 2.24) is 24.0 Å². The van der Waals surface area contributed by atoms with Crippen molar-refractivity contribution in [2.75, 3.05) is 13.6 Å². The Morgan fingerprint density at radius 2 is 1.73 bits per heavy atom. The minimum atomic E-state index is -0.408. The topological polar surface area (TPSA) is 93.0 Å². The fourth-order valence-electron chi connectivity index (χ4n) is 4.96. The molecule has 184 valence electrons. The van der Waals surface area contributed by atoms with Crippen molar-refractivity contribution < 1.29 is 4.79 Å². The first-order chi connectivity index (χ1) is 16.0. The number of aromatic nitrogens is 4. The lowest BCUT2D eigenvalue weighted by molar-refractivity contribution is -0.130. The molecular weight excluding hydrogens is 418 g/mol. The fourth-order valence-corrected chi connectivity index (χ4v) is 4.96. The van der Waals surface area contributed by atoms with Gasteiger partial charge in [-0.1, -0.05) is 52.4 Å². The number of rotatable bonds is 12. The average molecular weight is 460 g/mol. The molecule has 0 atom stereocenters. The monoisotopic (exact) mass is 459 g/mol. The minimum Gasteiger partial charge on any atom is -0.345 e. The number of imidazole rings is 1. The molecule has 1 fully saturated rings. The number of carbonyl (C=O) groups is 1. The highest BCUT2D eigenvalue weighted by atomic mass is 16.2. The number of nitrogens with one attached hydrogen (secondary N) is 1. The summed E-state index contributed by atoms with van der Waals surface area (Å²) in [6, 6.07) is 0. The molecule has 33 heavy (non-hydrogen) atoms. The molecule has 3 rings (SSSR count). The van der Waals surface area contributed by atoms with Crippen LogP contribution >= 0.6 is 0 Å². The summed E-state index contributed by atoms with van der Waals surface area (Å²) in [5.41, 5.74) is 0.110. The van der Waals surface area contributed by atoms with E-state index in [1.807, 2.05) is 16.5 Å². The van der Waals surface area contributed by atoms with Gasteiger partial charge in [0.25, 0.3) is 5.56 Å². The van der Waals surface area contributed by atoms with Gasteiger partial charge in [0.05, 0.1) is 0 Å². The predicted octanol–water partition coefficient (Wildman–Crippen LogP) is 3.85. The van der Waals surface area contributed by atoms with E-state index in [4.69, 9.17) is 4.98 Å². The fraction of sp³-hybridized carbons (Fsp3) is 0.760. The van der Waals surface area contributed by atoms with Crippen LogP contribution in [0.4, 0.5) is 0 Å². The second kappa shape index (κ2) is 12.2. The summed E-state index contributed by atoms with van der Waals surface area (Å²) in [7, 11) is 1.90. The molecule has 0 unspecified atom stereocenters. The predicted molar refractivity (Wildman–Crippen MR) is 132 cm³/mol. The lowest BCUT2D eigenvalue weighted by Crippen LogP contribution is -2.33. The molecule has 0 radical (unpaired) electrons. The summed E-state index contributed by atoms with van der Waals surface area (Å²) in [6.45, 7) is 6.22. The van der Waals surface area contributed by atoms with E-state index in [9.17, 15) is 14.4 Å². The maximum absolute atomic E-state index is 12.9. The summed E-state index contributed by atoms with van der Waals surface area (Å²) in [5, 5.41) is 0. The van der Waals surface area contributed by atoms with Gasteiger partial charge in [0.15, 0.2) is 11.2 Å². The lowest BCUT2D eigenvalue weighted by atomic mass is 9.89. The van der Waals surface area contributed by atoms with Crippen molar-refractivity contribution in [3.63, 3.8) is 0 Å². The molecule has 8 nitrogen and oxygen atoms in total. The number of hydrogen-bond donors (Lipinski definition) is 1. The van der Waals surface area contributed by atoms with Crippen LogP contribution in [-0.2, 0) is 24.3 Å². The molecule has 2 aromatic rings. The Kier molecular flexibility index (Phi) is 9.32. The van der Waals surface area contributed by atoms with Crippen molar-refractivity contribution in [3.8, 4) is 0 Å². The van der Waals surface area contributed by atoms with Crippen LogP contribution in [0.2, 0.25) is 0 Å². The number of nitrogens with zero attached hydrogens (tertiary/aromatic N) is 4. The van der Waals surface area contributed by atoms with Crippen LogP contribution in [0, 0.1) is 5.92 Å². The lowest BCUT2D eigenvalue weighted by Gasteiger charge is -2.27. The molecule has 8 heteroatoms. The Morgan fingerprint density at radius 3 is 2.42 bits per heavy atom. The van der Waals surface area contributed by atoms with Gasteiger partial charge in [-0.3, -0.25) is 19.1 Å². The normalized spacial score (nSPS) is 14.8. The van der Waals surface area contributed by atoms with Crippen LogP contribution in [-0.4, -0.2) is 43.5 Å². The van der Waals surface area contributed by atoms with Crippen molar-refractivity contribution in [2.24, 2.45) is 5.92 Å². The number of unbranched alkanes of at least 4 members (excludes halogenated alkanes) is 3. The highest BCUT2D eigenvalue weighted by Crippen LogP contribution is 2.24. The Balaban J connectivity index is 1.83. The number of amides is 1. The summed E-state index contributed by atoms with van der Waals surface area (Å²) in [4.78, 5) is 47.2. The van der Waals surface area contributed by atoms with E-state index in [2.05, 4.69) is 18.8 Å². The molecule has 2 aromatic heterocycles. The maximum Gasteiger partial charge on any atom is 0.330 e. The van der Waals surface area contributed by atoms with Crippen LogP contribution in [0.3, 0.4) is 0 Å². The Morgan fingerprint density at radius 1 is 1.03 bits per heavy atom. The van der Waals surface area contributed by atoms with Gasteiger partial charge in [-0.25, -0.2) is 9.78 Å². The molecule has 1 aliphatic rings. The number of hydrogen-bond acceptors (Lipinski definition) is 4. The van der Waals surface area contributed by atoms with Gasteiger partial charge >= 0.3 is 5.69 Å². The Bertz CT molecular complexity index is 1030. The van der Waals surface area contributed by atoms with E-state index in [1.54, 1.807) is 4.57 Å². The van der Waals surface area contributed by atoms with Crippen LogP contribution in [0.5, 0.6) is 0 Å². The first kappa shape index (κ1) is 25.2. The van der Waals surface area contributed by atoms with E-state index in [1.165, 1.54) is 32.1 Å². The SMILES string of the molecule is CCCCCn1c(CCC(=O)N(C)CC2CCCCC2)nc2c1c(=O)[nH]c(=O)n2CCCC. The summed E-state index contributed by atoms with van der Waals surface area (Å²) in [6.07, 6.45) is 11.9. The first-order valence-corrected chi connectivity index (χ1v) is 12.9. The third-order valence-corrected chi connectivity index (χ3v) is 6.93. The largest absolute Gasteiger partial charge is 0.345 e. The smallest absolute Gasteiger partial charge is 0.330 e. The van der Waals surface area contributed by atoms with Crippen molar-refractivity contribution >= 4 is 17.1 Å². The van der Waals surface area contributed by atoms with Crippen molar-refractivity contribution in [3.05, 3.63) is 26.7 Å². The second-order valence-corrected chi connectivity index (χ2v) is 9.60. The molecule has 0 bridgehead atoms. The third-order valence-electron chi connectivity index (χ3n) is 6.93. The van der Waals surface area contributed by atoms with Crippen molar-refractivity contribution in [1.29, 1.82) is 0 Å². The molecule has 0 spiro atoms. The van der Waals surface area contributed by atoms with Gasteiger partial charge < -0.3 is 9.47 Å². The molecule has 2 heterocycles. The minimum absolute atomic E-state index is 0.116. The van der Waals surface area contributed by atoms with E-state index in [0.29, 0.717) is 43.0 Å². The number of aromatic amines is 1. The van der Waals surface area contributed by atoms with E-state index in [0.717, 1.165) is 44.5 Å². The Labute approximate surface area is 196 Å². The molecule has 1 amide bonds. The van der Waals surface area contributed by atoms with E-state index < -0.39 is 11.2 Å². The molecule has 1 N–H and O–H groups in total. The molecule has 1 aliphatic carbocycles. The Hall–Kier alpha value is -2.38. The number of fused-ring (bicyclic) bond motifs is 1. The maximum atomic E-state index is 12.9. The highest BCUT2D eigenvalue weighted by molar-refractivity contribution is 5.76. The summed E-state index contributed by atoms with van der Waals surface area (Å²) >= 11 is 0. The van der Waals surface area contributed by atoms with Crippen LogP contribution in [0.25, 0.3) is 11.2 Å². The van der Waals surface area contributed by atoms with Crippen LogP contribution in [0.1, 0.15) is 90.3 Å². The third kappa shape index (κ3) is 6.36. The van der Waals surface area contributed by atoms with Crippen molar-refractivity contribution in [2.45, 2.75) is 104 Å². The van der Waals surface area contributed by atoms with Gasteiger partial charge in [-0.2, -0.15) is 0 Å².